The van der Waals surface area contributed by atoms with Crippen molar-refractivity contribution in [1.82, 2.24) is 5.32 Å². The monoisotopic (exact) mass is 385 g/mol. The lowest BCUT2D eigenvalue weighted by Gasteiger charge is -2.12. The van der Waals surface area contributed by atoms with Gasteiger partial charge in [0.2, 0.25) is 5.91 Å². The van der Waals surface area contributed by atoms with Gasteiger partial charge in [0.15, 0.2) is 11.5 Å². The Morgan fingerprint density at radius 2 is 1.89 bits per heavy atom. The zero-order valence-corrected chi connectivity index (χ0v) is 16.2. The van der Waals surface area contributed by atoms with Crippen molar-refractivity contribution in [2.45, 2.75) is 38.3 Å². The van der Waals surface area contributed by atoms with Gasteiger partial charge in [0.25, 0.3) is 0 Å². The van der Waals surface area contributed by atoms with Crippen LogP contribution in [0.5, 0.6) is 11.5 Å². The van der Waals surface area contributed by atoms with E-state index in [1.165, 1.54) is 12.8 Å². The van der Waals surface area contributed by atoms with Crippen LogP contribution in [0.3, 0.4) is 0 Å². The summed E-state index contributed by atoms with van der Waals surface area (Å²) in [5, 5.41) is 3.74. The van der Waals surface area contributed by atoms with Crippen LogP contribution in [0, 0.1) is 0 Å². The molecule has 0 saturated heterocycles. The second-order valence-corrected chi connectivity index (χ2v) is 7.09. The Labute approximate surface area is 165 Å². The lowest BCUT2D eigenvalue weighted by Crippen LogP contribution is -2.30. The third-order valence-electron chi connectivity index (χ3n) is 4.62. The molecule has 1 fully saturated rings. The van der Waals surface area contributed by atoms with Crippen LogP contribution in [-0.4, -0.2) is 19.1 Å². The number of benzene rings is 2. The molecule has 1 saturated carbocycles. The molecule has 142 valence electrons. The molecule has 0 atom stereocenters. The summed E-state index contributed by atoms with van der Waals surface area (Å²) in [5.74, 6) is 1.23. The van der Waals surface area contributed by atoms with Gasteiger partial charge in [-0.05, 0) is 54.3 Å². The Kier molecular flexibility index (Phi) is 6.77. The Hall–Kier alpha value is -2.46. The number of hydrogen-bond acceptors (Lipinski definition) is 3. The van der Waals surface area contributed by atoms with E-state index in [1.807, 2.05) is 42.5 Å². The number of ether oxygens (including phenoxy) is 2. The standard InChI is InChI=1S/C22H24ClNO3/c1-26-21-14-16(9-13-22(25)24-19-4-2-3-5-19)8-12-20(21)27-15-17-6-10-18(23)11-7-17/h6-14,19H,2-5,15H2,1H3,(H,24,25)/b13-9+. The molecule has 2 aromatic rings. The van der Waals surface area contributed by atoms with Crippen LogP contribution in [0.25, 0.3) is 6.08 Å². The first-order chi connectivity index (χ1) is 13.1. The number of carbonyl (C=O) groups is 1. The molecule has 0 unspecified atom stereocenters. The van der Waals surface area contributed by atoms with Gasteiger partial charge in [-0.25, -0.2) is 0 Å². The minimum atomic E-state index is -0.0519. The molecular formula is C22H24ClNO3. The molecule has 1 aliphatic rings. The molecule has 5 heteroatoms. The first-order valence-corrected chi connectivity index (χ1v) is 9.56. The molecule has 0 aliphatic heterocycles. The van der Waals surface area contributed by atoms with Crippen molar-refractivity contribution in [3.05, 3.63) is 64.7 Å². The van der Waals surface area contributed by atoms with E-state index in [0.29, 0.717) is 29.2 Å². The van der Waals surface area contributed by atoms with Crippen molar-refractivity contribution < 1.29 is 14.3 Å². The summed E-state index contributed by atoms with van der Waals surface area (Å²) in [7, 11) is 1.60. The van der Waals surface area contributed by atoms with Gasteiger partial charge in [-0.3, -0.25) is 4.79 Å². The van der Waals surface area contributed by atoms with Crippen LogP contribution in [0.2, 0.25) is 5.02 Å². The van der Waals surface area contributed by atoms with E-state index >= 15 is 0 Å². The molecule has 4 nitrogen and oxygen atoms in total. The predicted molar refractivity (Wildman–Crippen MR) is 108 cm³/mol. The van der Waals surface area contributed by atoms with E-state index in [1.54, 1.807) is 19.3 Å². The Balaban J connectivity index is 1.60. The highest BCUT2D eigenvalue weighted by molar-refractivity contribution is 6.30. The van der Waals surface area contributed by atoms with Crippen molar-refractivity contribution in [2.75, 3.05) is 7.11 Å². The first kappa shape index (κ1) is 19.3. The number of carbonyl (C=O) groups excluding carboxylic acids is 1. The molecule has 1 N–H and O–H groups in total. The number of nitrogens with one attached hydrogen (secondary N) is 1. The summed E-state index contributed by atoms with van der Waals surface area (Å²) in [6, 6.07) is 13.5. The van der Waals surface area contributed by atoms with Gasteiger partial charge < -0.3 is 14.8 Å². The fraction of sp³-hybridized carbons (Fsp3) is 0.318. The lowest BCUT2D eigenvalue weighted by atomic mass is 10.1. The Morgan fingerprint density at radius 3 is 2.59 bits per heavy atom. The highest BCUT2D eigenvalue weighted by Crippen LogP contribution is 2.29. The van der Waals surface area contributed by atoms with Gasteiger partial charge in [0, 0.05) is 17.1 Å². The van der Waals surface area contributed by atoms with Gasteiger partial charge in [0.05, 0.1) is 7.11 Å². The number of rotatable bonds is 7. The second kappa shape index (κ2) is 9.47. The van der Waals surface area contributed by atoms with Gasteiger partial charge in [-0.1, -0.05) is 42.6 Å². The summed E-state index contributed by atoms with van der Waals surface area (Å²) in [6.45, 7) is 0.423. The molecule has 0 spiro atoms. The smallest absolute Gasteiger partial charge is 0.244 e. The largest absolute Gasteiger partial charge is 0.493 e. The molecule has 0 bridgehead atoms. The van der Waals surface area contributed by atoms with Gasteiger partial charge >= 0.3 is 0 Å². The Morgan fingerprint density at radius 1 is 1.15 bits per heavy atom. The van der Waals surface area contributed by atoms with Gasteiger partial charge in [0.1, 0.15) is 6.61 Å². The maximum Gasteiger partial charge on any atom is 0.244 e. The topological polar surface area (TPSA) is 47.6 Å². The third kappa shape index (κ3) is 5.76. The minimum Gasteiger partial charge on any atom is -0.493 e. The SMILES string of the molecule is COc1cc(/C=C/C(=O)NC2CCCC2)ccc1OCc1ccc(Cl)cc1. The van der Waals surface area contributed by atoms with Crippen LogP contribution in [0.4, 0.5) is 0 Å². The molecule has 0 radical (unpaired) electrons. The fourth-order valence-electron chi connectivity index (χ4n) is 3.14. The number of halogens is 1. The van der Waals surface area contributed by atoms with Crippen LogP contribution < -0.4 is 14.8 Å². The van der Waals surface area contributed by atoms with Crippen LogP contribution in [0.1, 0.15) is 36.8 Å². The molecule has 0 heterocycles. The Bertz CT molecular complexity index is 796. The van der Waals surface area contributed by atoms with Crippen LogP contribution in [0.15, 0.2) is 48.5 Å². The highest BCUT2D eigenvalue weighted by atomic mass is 35.5. The van der Waals surface area contributed by atoms with Crippen LogP contribution in [-0.2, 0) is 11.4 Å². The molecule has 1 amide bonds. The number of amides is 1. The normalized spacial score (nSPS) is 14.4. The first-order valence-electron chi connectivity index (χ1n) is 9.18. The molecule has 2 aromatic carbocycles. The predicted octanol–water partition coefficient (Wildman–Crippen LogP) is 5.00. The highest BCUT2D eigenvalue weighted by Gasteiger charge is 2.15. The van der Waals surface area contributed by atoms with Crippen LogP contribution >= 0.6 is 11.6 Å². The third-order valence-corrected chi connectivity index (χ3v) is 4.88. The maximum atomic E-state index is 12.0. The zero-order valence-electron chi connectivity index (χ0n) is 15.4. The zero-order chi connectivity index (χ0) is 19.1. The van der Waals surface area contributed by atoms with Crippen molar-refractivity contribution in [3.63, 3.8) is 0 Å². The summed E-state index contributed by atoms with van der Waals surface area (Å²) in [4.78, 5) is 12.0. The average molecular weight is 386 g/mol. The van der Waals surface area contributed by atoms with E-state index in [0.717, 1.165) is 24.0 Å². The van der Waals surface area contributed by atoms with E-state index in [9.17, 15) is 4.79 Å². The number of methoxy groups -OCH3 is 1. The lowest BCUT2D eigenvalue weighted by molar-refractivity contribution is -0.117. The van der Waals surface area contributed by atoms with Crippen molar-refractivity contribution in [1.29, 1.82) is 0 Å². The second-order valence-electron chi connectivity index (χ2n) is 6.65. The van der Waals surface area contributed by atoms with Crippen molar-refractivity contribution in [2.24, 2.45) is 0 Å². The molecule has 0 aromatic heterocycles. The summed E-state index contributed by atoms with van der Waals surface area (Å²) in [6.07, 6.45) is 7.91. The molecule has 3 rings (SSSR count). The average Bonchev–Trinajstić information content (AvgIpc) is 3.19. The van der Waals surface area contributed by atoms with Gasteiger partial charge in [-0.2, -0.15) is 0 Å². The maximum absolute atomic E-state index is 12.0. The molecular weight excluding hydrogens is 362 g/mol. The van der Waals surface area contributed by atoms with E-state index < -0.39 is 0 Å². The van der Waals surface area contributed by atoms with Crippen molar-refractivity contribution in [3.8, 4) is 11.5 Å². The fourth-order valence-corrected chi connectivity index (χ4v) is 3.27. The summed E-state index contributed by atoms with van der Waals surface area (Å²) in [5.41, 5.74) is 1.90. The van der Waals surface area contributed by atoms with E-state index in [4.69, 9.17) is 21.1 Å². The summed E-state index contributed by atoms with van der Waals surface area (Å²) >= 11 is 5.90. The minimum absolute atomic E-state index is 0.0519. The van der Waals surface area contributed by atoms with E-state index in [-0.39, 0.29) is 5.91 Å². The summed E-state index contributed by atoms with van der Waals surface area (Å²) < 4.78 is 11.3. The molecule has 27 heavy (non-hydrogen) atoms. The molecule has 1 aliphatic carbocycles. The van der Waals surface area contributed by atoms with Crippen molar-refractivity contribution >= 4 is 23.6 Å². The van der Waals surface area contributed by atoms with E-state index in [2.05, 4.69) is 5.32 Å². The van der Waals surface area contributed by atoms with Gasteiger partial charge in [-0.15, -0.1) is 0 Å². The quantitative estimate of drug-likeness (QED) is 0.682. The number of hydrogen-bond donors (Lipinski definition) is 1.